The minimum Gasteiger partial charge on any atom is -0.241 e. The van der Waals surface area contributed by atoms with Crippen LogP contribution in [0.5, 0.6) is 0 Å². The lowest BCUT2D eigenvalue weighted by molar-refractivity contribution is 0.381. The molecule has 17 heavy (non-hydrogen) atoms. The Balaban J connectivity index is 2.78. The molecule has 0 unspecified atom stereocenters. The van der Waals surface area contributed by atoms with Gasteiger partial charge in [0.15, 0.2) is 23.3 Å². The molecule has 1 aromatic heterocycles. The number of hydrogen-bond donors (Lipinski definition) is 0. The maximum atomic E-state index is 13.3. The molecule has 0 fully saturated rings. The summed E-state index contributed by atoms with van der Waals surface area (Å²) < 4.78 is 65.3. The maximum absolute atomic E-state index is 13.3. The van der Waals surface area contributed by atoms with Gasteiger partial charge in [0.1, 0.15) is 5.01 Å². The highest BCUT2D eigenvalue weighted by Crippen LogP contribution is 2.33. The van der Waals surface area contributed by atoms with Crippen LogP contribution in [-0.4, -0.2) is 4.98 Å². The number of aryl methyl sites for hydroxylation is 1. The zero-order chi connectivity index (χ0) is 12.7. The zero-order valence-corrected chi connectivity index (χ0v) is 9.14. The highest BCUT2D eigenvalue weighted by molar-refractivity contribution is 7.13. The second kappa shape index (κ2) is 4.06. The van der Waals surface area contributed by atoms with E-state index in [0.29, 0.717) is 5.69 Å². The number of aromatic nitrogens is 1. The largest absolute Gasteiger partial charge is 0.241 e. The first-order valence-corrected chi connectivity index (χ1v) is 5.25. The highest BCUT2D eigenvalue weighted by Gasteiger charge is 2.27. The van der Waals surface area contributed by atoms with Crippen LogP contribution < -0.4 is 0 Å². The summed E-state index contributed by atoms with van der Waals surface area (Å²) in [5, 5.41) is 1.21. The molecule has 7 heteroatoms. The predicted molar refractivity (Wildman–Crippen MR) is 52.1 cm³/mol. The van der Waals surface area contributed by atoms with Gasteiger partial charge in [-0.3, -0.25) is 0 Å². The second-order valence-electron chi connectivity index (χ2n) is 3.24. The molecule has 0 aliphatic carbocycles. The van der Waals surface area contributed by atoms with Crippen molar-refractivity contribution < 1.29 is 22.0 Å². The summed E-state index contributed by atoms with van der Waals surface area (Å²) in [5.74, 6) is -9.83. The third-order valence-corrected chi connectivity index (χ3v) is 3.02. The summed E-state index contributed by atoms with van der Waals surface area (Å²) in [5.41, 5.74) is -0.548. The van der Waals surface area contributed by atoms with E-state index < -0.39 is 34.6 Å². The Hall–Kier alpha value is -1.50. The summed E-state index contributed by atoms with van der Waals surface area (Å²) in [7, 11) is 0. The monoisotopic (exact) mass is 265 g/mol. The third-order valence-electron chi connectivity index (χ3n) is 2.04. The van der Waals surface area contributed by atoms with Crippen molar-refractivity contribution in [2.75, 3.05) is 0 Å². The Labute approximate surface area is 96.5 Å². The molecule has 1 aromatic carbocycles. The van der Waals surface area contributed by atoms with E-state index in [2.05, 4.69) is 4.98 Å². The van der Waals surface area contributed by atoms with Crippen LogP contribution >= 0.6 is 11.3 Å². The summed E-state index contributed by atoms with van der Waals surface area (Å²) in [6.45, 7) is 1.55. The number of thiazole rings is 1. The lowest BCUT2D eigenvalue weighted by atomic mass is 10.2. The van der Waals surface area contributed by atoms with Gasteiger partial charge in [0.25, 0.3) is 0 Å². The fraction of sp³-hybridized carbons (Fsp3) is 0.100. The third kappa shape index (κ3) is 1.80. The van der Waals surface area contributed by atoms with Crippen molar-refractivity contribution in [2.45, 2.75) is 6.92 Å². The van der Waals surface area contributed by atoms with E-state index in [9.17, 15) is 22.0 Å². The molecule has 0 aliphatic heterocycles. The molecule has 0 amide bonds. The summed E-state index contributed by atoms with van der Waals surface area (Å²) in [4.78, 5) is 3.70. The zero-order valence-electron chi connectivity index (χ0n) is 8.32. The second-order valence-corrected chi connectivity index (χ2v) is 4.10. The van der Waals surface area contributed by atoms with Crippen LogP contribution in [0.1, 0.15) is 5.69 Å². The van der Waals surface area contributed by atoms with Gasteiger partial charge in [-0.05, 0) is 6.92 Å². The number of benzene rings is 1. The molecule has 0 aliphatic rings. The first-order valence-electron chi connectivity index (χ1n) is 4.37. The van der Waals surface area contributed by atoms with Crippen molar-refractivity contribution >= 4 is 11.3 Å². The minimum absolute atomic E-state index is 0.240. The van der Waals surface area contributed by atoms with Gasteiger partial charge < -0.3 is 0 Å². The van der Waals surface area contributed by atoms with Crippen molar-refractivity contribution in [1.29, 1.82) is 0 Å². The summed E-state index contributed by atoms with van der Waals surface area (Å²) >= 11 is 0.807. The van der Waals surface area contributed by atoms with E-state index in [1.54, 1.807) is 6.92 Å². The molecular weight excluding hydrogens is 261 g/mol. The van der Waals surface area contributed by atoms with Crippen LogP contribution in [-0.2, 0) is 0 Å². The molecular formula is C10H4F5NS. The van der Waals surface area contributed by atoms with Crippen LogP contribution in [0, 0.1) is 36.0 Å². The van der Waals surface area contributed by atoms with Gasteiger partial charge in [0, 0.05) is 11.1 Å². The average Bonchev–Trinajstić information content (AvgIpc) is 2.71. The Morgan fingerprint density at radius 2 is 1.35 bits per heavy atom. The highest BCUT2D eigenvalue weighted by atomic mass is 32.1. The SMILES string of the molecule is Cc1csc(-c2c(F)c(F)c(F)c(F)c2F)n1. The normalized spacial score (nSPS) is 10.9. The fourth-order valence-corrected chi connectivity index (χ4v) is 2.09. The van der Waals surface area contributed by atoms with Crippen molar-refractivity contribution in [3.8, 4) is 10.6 Å². The Morgan fingerprint density at radius 3 is 1.76 bits per heavy atom. The smallest absolute Gasteiger partial charge is 0.200 e. The average molecular weight is 265 g/mol. The van der Waals surface area contributed by atoms with Gasteiger partial charge in [-0.1, -0.05) is 0 Å². The van der Waals surface area contributed by atoms with Gasteiger partial charge in [-0.15, -0.1) is 11.3 Å². The molecule has 1 nitrogen and oxygen atoms in total. The van der Waals surface area contributed by atoms with E-state index in [1.165, 1.54) is 5.38 Å². The molecule has 0 spiro atoms. The summed E-state index contributed by atoms with van der Waals surface area (Å²) in [6.07, 6.45) is 0. The lowest BCUT2D eigenvalue weighted by Gasteiger charge is -2.05. The fourth-order valence-electron chi connectivity index (χ4n) is 1.26. The van der Waals surface area contributed by atoms with Crippen molar-refractivity contribution in [3.63, 3.8) is 0 Å². The maximum Gasteiger partial charge on any atom is 0.200 e. The predicted octanol–water partition coefficient (Wildman–Crippen LogP) is 3.81. The quantitative estimate of drug-likeness (QED) is 0.434. The first kappa shape index (κ1) is 12.0. The van der Waals surface area contributed by atoms with Gasteiger partial charge in [-0.2, -0.15) is 0 Å². The molecule has 1 heterocycles. The molecule has 0 atom stereocenters. The summed E-state index contributed by atoms with van der Waals surface area (Å²) in [6, 6.07) is 0. The van der Waals surface area contributed by atoms with Crippen LogP contribution in [0.3, 0.4) is 0 Å². The molecule has 0 N–H and O–H groups in total. The van der Waals surface area contributed by atoms with Gasteiger partial charge >= 0.3 is 0 Å². The van der Waals surface area contributed by atoms with Crippen LogP contribution in [0.2, 0.25) is 0 Å². The van der Waals surface area contributed by atoms with Crippen LogP contribution in [0.15, 0.2) is 5.38 Å². The van der Waals surface area contributed by atoms with E-state index >= 15 is 0 Å². The Morgan fingerprint density at radius 1 is 0.882 bits per heavy atom. The van der Waals surface area contributed by atoms with E-state index in [-0.39, 0.29) is 5.01 Å². The van der Waals surface area contributed by atoms with Gasteiger partial charge in [0.2, 0.25) is 5.82 Å². The number of rotatable bonds is 1. The lowest BCUT2D eigenvalue weighted by Crippen LogP contribution is -2.03. The molecule has 0 saturated heterocycles. The molecule has 90 valence electrons. The molecule has 2 rings (SSSR count). The van der Waals surface area contributed by atoms with Crippen LogP contribution in [0.4, 0.5) is 22.0 Å². The number of hydrogen-bond acceptors (Lipinski definition) is 2. The van der Waals surface area contributed by atoms with Gasteiger partial charge in [0.05, 0.1) is 5.56 Å². The van der Waals surface area contributed by atoms with E-state index in [4.69, 9.17) is 0 Å². The Kier molecular flexibility index (Phi) is 2.86. The number of halogens is 5. The minimum atomic E-state index is -2.17. The topological polar surface area (TPSA) is 12.9 Å². The van der Waals surface area contributed by atoms with Crippen LogP contribution in [0.25, 0.3) is 10.6 Å². The van der Waals surface area contributed by atoms with E-state index in [1.807, 2.05) is 0 Å². The Bertz CT molecular complexity index is 564. The van der Waals surface area contributed by atoms with E-state index in [0.717, 1.165) is 11.3 Å². The first-order chi connectivity index (χ1) is 7.93. The molecule has 2 aromatic rings. The van der Waals surface area contributed by atoms with Crippen molar-refractivity contribution in [2.24, 2.45) is 0 Å². The van der Waals surface area contributed by atoms with Gasteiger partial charge in [-0.25, -0.2) is 26.9 Å². The number of nitrogens with zero attached hydrogens (tertiary/aromatic N) is 1. The molecule has 0 radical (unpaired) electrons. The molecule has 0 saturated carbocycles. The van der Waals surface area contributed by atoms with Crippen molar-refractivity contribution in [3.05, 3.63) is 40.2 Å². The van der Waals surface area contributed by atoms with Crippen molar-refractivity contribution in [1.82, 2.24) is 4.98 Å². The standard InChI is InChI=1S/C10H4F5NS/c1-3-2-17-10(16-3)4-5(11)7(13)9(15)8(14)6(4)12/h2H,1H3. The molecule has 0 bridgehead atoms.